The molecule has 0 atom stereocenters. The summed E-state index contributed by atoms with van der Waals surface area (Å²) in [6.45, 7) is 2.03. The van der Waals surface area contributed by atoms with Crippen molar-refractivity contribution in [3.63, 3.8) is 0 Å². The van der Waals surface area contributed by atoms with Gasteiger partial charge in [0.1, 0.15) is 5.75 Å². The molecule has 0 aliphatic rings. The van der Waals surface area contributed by atoms with Gasteiger partial charge in [-0.2, -0.15) is 0 Å². The number of carbonyl (C=O) groups is 2. The first-order valence-electron chi connectivity index (χ1n) is 7.74. The first-order chi connectivity index (χ1) is 12.0. The average molecular weight is 407 g/mol. The topological polar surface area (TPSA) is 90.7 Å². The molecule has 0 aliphatic carbocycles. The van der Waals surface area contributed by atoms with E-state index in [1.54, 1.807) is 24.3 Å². The van der Waals surface area contributed by atoms with E-state index in [-0.39, 0.29) is 18.3 Å². The Bertz CT molecular complexity index is 747. The summed E-state index contributed by atoms with van der Waals surface area (Å²) in [5.74, 6) is -0.524. The number of ether oxygens (including phenoxy) is 2. The highest BCUT2D eigenvalue weighted by Gasteiger charge is 2.12. The molecule has 2 rings (SSSR count). The van der Waals surface area contributed by atoms with Gasteiger partial charge in [-0.3, -0.25) is 4.79 Å². The van der Waals surface area contributed by atoms with Crippen LogP contribution in [-0.2, 0) is 9.53 Å². The maximum Gasteiger partial charge on any atom is 0.338 e. The Morgan fingerprint density at radius 3 is 2.56 bits per heavy atom. The zero-order chi connectivity index (χ0) is 18.2. The van der Waals surface area contributed by atoms with Crippen molar-refractivity contribution < 1.29 is 19.1 Å². The molecule has 1 amide bonds. The van der Waals surface area contributed by atoms with Crippen LogP contribution in [-0.4, -0.2) is 25.1 Å². The summed E-state index contributed by atoms with van der Waals surface area (Å²) >= 11 is 3.33. The summed E-state index contributed by atoms with van der Waals surface area (Å²) in [5, 5.41) is 2.71. The molecule has 7 heteroatoms. The second-order valence-electron chi connectivity index (χ2n) is 5.23. The normalized spacial score (nSPS) is 10.2. The lowest BCUT2D eigenvalue weighted by atomic mass is 10.2. The highest BCUT2D eigenvalue weighted by molar-refractivity contribution is 9.10. The molecule has 0 radical (unpaired) electrons. The average Bonchev–Trinajstić information content (AvgIpc) is 2.61. The van der Waals surface area contributed by atoms with E-state index in [9.17, 15) is 9.59 Å². The van der Waals surface area contributed by atoms with Gasteiger partial charge in [-0.15, -0.1) is 0 Å². The molecule has 0 fully saturated rings. The predicted molar refractivity (Wildman–Crippen MR) is 99.7 cm³/mol. The maximum atomic E-state index is 12.0. The molecule has 0 unspecified atom stereocenters. The number of nitrogens with two attached hydrogens (primary N) is 1. The number of benzene rings is 2. The third kappa shape index (κ3) is 5.79. The Hall–Kier alpha value is -2.54. The van der Waals surface area contributed by atoms with Crippen LogP contribution < -0.4 is 15.8 Å². The summed E-state index contributed by atoms with van der Waals surface area (Å²) in [4.78, 5) is 23.8. The molecule has 132 valence electrons. The Morgan fingerprint density at radius 2 is 1.88 bits per heavy atom. The van der Waals surface area contributed by atoms with Crippen LogP contribution in [0.4, 0.5) is 11.4 Å². The number of nitrogen functional groups attached to an aromatic ring is 1. The van der Waals surface area contributed by atoms with Crippen molar-refractivity contribution in [2.75, 3.05) is 24.3 Å². The smallest absolute Gasteiger partial charge is 0.338 e. The molecular formula is C18H19BrN2O4. The summed E-state index contributed by atoms with van der Waals surface area (Å²) in [6, 6.07) is 11.7. The lowest BCUT2D eigenvalue weighted by Gasteiger charge is -2.11. The Morgan fingerprint density at radius 1 is 1.16 bits per heavy atom. The summed E-state index contributed by atoms with van der Waals surface area (Å²) < 4.78 is 11.4. The highest BCUT2D eigenvalue weighted by atomic mass is 79.9. The van der Waals surface area contributed by atoms with Crippen molar-refractivity contribution in [3.8, 4) is 5.75 Å². The van der Waals surface area contributed by atoms with Gasteiger partial charge in [-0.1, -0.05) is 22.9 Å². The Kier molecular flexibility index (Phi) is 6.82. The third-order valence-corrected chi connectivity index (χ3v) is 3.70. The quantitative estimate of drug-likeness (QED) is 0.541. The van der Waals surface area contributed by atoms with Gasteiger partial charge in [0.05, 0.1) is 17.9 Å². The summed E-state index contributed by atoms with van der Waals surface area (Å²) in [6.07, 6.45) is 0.736. The van der Waals surface area contributed by atoms with E-state index >= 15 is 0 Å². The van der Waals surface area contributed by atoms with E-state index in [4.69, 9.17) is 15.2 Å². The van der Waals surface area contributed by atoms with E-state index in [1.165, 1.54) is 6.07 Å². The number of hydrogen-bond acceptors (Lipinski definition) is 5. The Labute approximate surface area is 154 Å². The van der Waals surface area contributed by atoms with E-state index in [0.717, 1.165) is 10.9 Å². The molecule has 2 aromatic carbocycles. The van der Waals surface area contributed by atoms with Crippen LogP contribution in [0, 0.1) is 0 Å². The first-order valence-corrected chi connectivity index (χ1v) is 8.53. The molecule has 0 aliphatic heterocycles. The number of halogens is 1. The fraction of sp³-hybridized carbons (Fsp3) is 0.222. The van der Waals surface area contributed by atoms with Crippen molar-refractivity contribution in [1.82, 2.24) is 0 Å². The molecular weight excluding hydrogens is 388 g/mol. The van der Waals surface area contributed by atoms with Crippen LogP contribution in [0.15, 0.2) is 46.9 Å². The molecule has 6 nitrogen and oxygen atoms in total. The molecule has 0 aromatic heterocycles. The van der Waals surface area contributed by atoms with Gasteiger partial charge in [-0.05, 0) is 48.9 Å². The second kappa shape index (κ2) is 9.08. The molecule has 0 bridgehead atoms. The van der Waals surface area contributed by atoms with E-state index in [2.05, 4.69) is 21.2 Å². The standard InChI is InChI=1S/C18H19BrN2O4/c1-2-9-24-18(23)12-3-8-15(20)16(10-12)25-11-17(22)21-14-6-4-13(19)5-7-14/h3-8,10H,2,9,11,20H2,1H3,(H,21,22). The fourth-order valence-electron chi connectivity index (χ4n) is 1.94. The van der Waals surface area contributed by atoms with Gasteiger partial charge in [0, 0.05) is 10.2 Å². The third-order valence-electron chi connectivity index (χ3n) is 3.17. The van der Waals surface area contributed by atoms with Gasteiger partial charge in [0.15, 0.2) is 6.61 Å². The SMILES string of the molecule is CCCOC(=O)c1ccc(N)c(OCC(=O)Nc2ccc(Br)cc2)c1. The molecule has 3 N–H and O–H groups in total. The highest BCUT2D eigenvalue weighted by Crippen LogP contribution is 2.23. The second-order valence-corrected chi connectivity index (χ2v) is 6.15. The zero-order valence-electron chi connectivity index (χ0n) is 13.8. The molecule has 25 heavy (non-hydrogen) atoms. The molecule has 0 saturated heterocycles. The Balaban J connectivity index is 1.96. The number of amides is 1. The monoisotopic (exact) mass is 406 g/mol. The largest absolute Gasteiger partial charge is 0.482 e. The van der Waals surface area contributed by atoms with Crippen molar-refractivity contribution in [1.29, 1.82) is 0 Å². The molecule has 0 saturated carbocycles. The van der Waals surface area contributed by atoms with Crippen LogP contribution in [0.2, 0.25) is 0 Å². The van der Waals surface area contributed by atoms with Gasteiger partial charge in [0.25, 0.3) is 5.91 Å². The van der Waals surface area contributed by atoms with Gasteiger partial charge in [0.2, 0.25) is 0 Å². The molecule has 0 heterocycles. The van der Waals surface area contributed by atoms with Crippen LogP contribution in [0.3, 0.4) is 0 Å². The minimum Gasteiger partial charge on any atom is -0.482 e. The zero-order valence-corrected chi connectivity index (χ0v) is 15.3. The van der Waals surface area contributed by atoms with Crippen LogP contribution in [0.5, 0.6) is 5.75 Å². The van der Waals surface area contributed by atoms with Crippen molar-refractivity contribution in [2.24, 2.45) is 0 Å². The number of nitrogens with one attached hydrogen (secondary N) is 1. The van der Waals surface area contributed by atoms with Crippen LogP contribution in [0.25, 0.3) is 0 Å². The number of rotatable bonds is 7. The summed E-state index contributed by atoms with van der Waals surface area (Å²) in [5.41, 5.74) is 7.15. The van der Waals surface area contributed by atoms with E-state index in [1.807, 2.05) is 19.1 Å². The molecule has 0 spiro atoms. The van der Waals surface area contributed by atoms with Gasteiger partial charge >= 0.3 is 5.97 Å². The first kappa shape index (κ1) is 18.8. The van der Waals surface area contributed by atoms with E-state index < -0.39 is 5.97 Å². The van der Waals surface area contributed by atoms with Crippen molar-refractivity contribution in [3.05, 3.63) is 52.5 Å². The lowest BCUT2D eigenvalue weighted by Crippen LogP contribution is -2.20. The van der Waals surface area contributed by atoms with E-state index in [0.29, 0.717) is 23.5 Å². The van der Waals surface area contributed by atoms with Gasteiger partial charge in [-0.25, -0.2) is 4.79 Å². The minimum atomic E-state index is -0.453. The van der Waals surface area contributed by atoms with Crippen molar-refractivity contribution >= 4 is 39.2 Å². The summed E-state index contributed by atoms with van der Waals surface area (Å²) in [7, 11) is 0. The van der Waals surface area contributed by atoms with Crippen LogP contribution in [0.1, 0.15) is 23.7 Å². The predicted octanol–water partition coefficient (Wildman–Crippen LogP) is 3.62. The molecule has 2 aromatic rings. The number of anilines is 2. The van der Waals surface area contributed by atoms with Gasteiger partial charge < -0.3 is 20.5 Å². The van der Waals surface area contributed by atoms with Crippen molar-refractivity contribution in [2.45, 2.75) is 13.3 Å². The number of esters is 1. The van der Waals surface area contributed by atoms with Crippen LogP contribution >= 0.6 is 15.9 Å². The minimum absolute atomic E-state index is 0.228. The fourth-order valence-corrected chi connectivity index (χ4v) is 2.20. The number of hydrogen-bond donors (Lipinski definition) is 2. The maximum absolute atomic E-state index is 12.0. The lowest BCUT2D eigenvalue weighted by molar-refractivity contribution is -0.118. The number of carbonyl (C=O) groups excluding carboxylic acids is 2.